The predicted molar refractivity (Wildman–Crippen MR) is 119 cm³/mol. The molecule has 3 aromatic rings. The molecule has 1 N–H and O–H groups in total. The maximum Gasteiger partial charge on any atom is 0.268 e. The Morgan fingerprint density at radius 1 is 1.17 bits per heavy atom. The van der Waals surface area contributed by atoms with Crippen LogP contribution < -0.4 is 10.9 Å². The number of thioether (sulfide) groups is 2. The molecule has 2 heterocycles. The van der Waals surface area contributed by atoms with E-state index in [1.807, 2.05) is 60.7 Å². The number of amides is 1. The number of hydrogen-bond acceptors (Lipinski definition) is 5. The number of carbonyl (C=O) groups is 1. The molecule has 1 aliphatic rings. The van der Waals surface area contributed by atoms with Crippen LogP contribution in [0.2, 0.25) is 0 Å². The molecule has 5 nitrogen and oxygen atoms in total. The second kappa shape index (κ2) is 8.88. The number of hydrogen-bond donors (Lipinski definition) is 1. The quantitative estimate of drug-likeness (QED) is 0.479. The number of carbonyl (C=O) groups excluding carboxylic acids is 1. The Morgan fingerprint density at radius 2 is 1.86 bits per heavy atom. The summed E-state index contributed by atoms with van der Waals surface area (Å²) in [6, 6.07) is 19.2. The van der Waals surface area contributed by atoms with E-state index in [0.717, 1.165) is 28.3 Å². The SMILES string of the molecule is C[C@@H]1Cc2nc(SCC(=O)Nc3ccccc3)n(Cc3ccccc3)c(=O)c2S1. The number of nitrogens with zero attached hydrogens (tertiary/aromatic N) is 2. The van der Waals surface area contributed by atoms with Crippen LogP contribution >= 0.6 is 23.5 Å². The number of rotatable bonds is 6. The standard InChI is InChI=1S/C22H21N3O2S2/c1-15-12-18-20(29-15)21(27)25(13-16-8-4-2-5-9-16)22(24-18)28-14-19(26)23-17-10-6-3-7-11-17/h2-11,15H,12-14H2,1H3,(H,23,26)/t15-/m1/s1. The number of aromatic nitrogens is 2. The fourth-order valence-corrected chi connectivity index (χ4v) is 5.13. The molecule has 1 amide bonds. The van der Waals surface area contributed by atoms with E-state index in [-0.39, 0.29) is 17.2 Å². The number of benzene rings is 2. The van der Waals surface area contributed by atoms with Crippen molar-refractivity contribution < 1.29 is 4.79 Å². The lowest BCUT2D eigenvalue weighted by molar-refractivity contribution is -0.113. The van der Waals surface area contributed by atoms with Crippen molar-refractivity contribution in [3.63, 3.8) is 0 Å². The van der Waals surface area contributed by atoms with Gasteiger partial charge < -0.3 is 5.32 Å². The zero-order chi connectivity index (χ0) is 20.2. The van der Waals surface area contributed by atoms with Gasteiger partial charge in [0.1, 0.15) is 0 Å². The topological polar surface area (TPSA) is 64.0 Å². The number of para-hydroxylation sites is 1. The minimum atomic E-state index is -0.120. The third kappa shape index (κ3) is 4.74. The first-order valence-electron chi connectivity index (χ1n) is 9.42. The first kappa shape index (κ1) is 19.8. The van der Waals surface area contributed by atoms with Gasteiger partial charge in [-0.1, -0.05) is 67.2 Å². The lowest BCUT2D eigenvalue weighted by atomic mass is 10.2. The van der Waals surface area contributed by atoms with E-state index in [2.05, 4.69) is 12.2 Å². The van der Waals surface area contributed by atoms with Gasteiger partial charge in [0, 0.05) is 17.4 Å². The fourth-order valence-electron chi connectivity index (χ4n) is 3.20. The van der Waals surface area contributed by atoms with E-state index in [9.17, 15) is 9.59 Å². The highest BCUT2D eigenvalue weighted by Crippen LogP contribution is 2.34. The molecule has 148 valence electrons. The van der Waals surface area contributed by atoms with Crippen LogP contribution in [-0.2, 0) is 17.8 Å². The summed E-state index contributed by atoms with van der Waals surface area (Å²) in [7, 11) is 0. The Bertz CT molecular complexity index is 1070. The summed E-state index contributed by atoms with van der Waals surface area (Å²) in [5, 5.41) is 3.81. The highest BCUT2D eigenvalue weighted by molar-refractivity contribution is 8.00. The molecular formula is C22H21N3O2S2. The molecule has 7 heteroatoms. The van der Waals surface area contributed by atoms with Crippen molar-refractivity contribution in [2.75, 3.05) is 11.1 Å². The van der Waals surface area contributed by atoms with Crippen LogP contribution in [0.25, 0.3) is 0 Å². The Morgan fingerprint density at radius 3 is 2.59 bits per heavy atom. The molecule has 0 radical (unpaired) electrons. The largest absolute Gasteiger partial charge is 0.325 e. The normalized spacial score (nSPS) is 15.1. The fraction of sp³-hybridized carbons (Fsp3) is 0.227. The van der Waals surface area contributed by atoms with Gasteiger partial charge in [0.25, 0.3) is 5.56 Å². The van der Waals surface area contributed by atoms with Crippen LogP contribution in [-0.4, -0.2) is 26.5 Å². The van der Waals surface area contributed by atoms with Gasteiger partial charge in [-0.2, -0.15) is 0 Å². The average Bonchev–Trinajstić information content (AvgIpc) is 3.11. The van der Waals surface area contributed by atoms with E-state index >= 15 is 0 Å². The number of anilines is 1. The monoisotopic (exact) mass is 423 g/mol. The van der Waals surface area contributed by atoms with Gasteiger partial charge in [-0.3, -0.25) is 14.2 Å². The number of nitrogens with one attached hydrogen (secondary N) is 1. The second-order valence-corrected chi connectivity index (χ2v) is 9.27. The van der Waals surface area contributed by atoms with Gasteiger partial charge in [-0.25, -0.2) is 4.98 Å². The zero-order valence-corrected chi connectivity index (χ0v) is 17.6. The Labute approximate surface area is 177 Å². The summed E-state index contributed by atoms with van der Waals surface area (Å²) < 4.78 is 1.69. The van der Waals surface area contributed by atoms with Crippen molar-refractivity contribution in [3.8, 4) is 0 Å². The molecule has 0 aliphatic carbocycles. The van der Waals surface area contributed by atoms with Gasteiger partial charge in [-0.15, -0.1) is 11.8 Å². The van der Waals surface area contributed by atoms with E-state index in [4.69, 9.17) is 4.98 Å². The van der Waals surface area contributed by atoms with E-state index in [1.54, 1.807) is 16.3 Å². The Kier molecular flexibility index (Phi) is 6.06. The molecule has 0 spiro atoms. The maximum atomic E-state index is 13.2. The average molecular weight is 424 g/mol. The van der Waals surface area contributed by atoms with Crippen LogP contribution in [0.15, 0.2) is 75.5 Å². The first-order chi connectivity index (χ1) is 14.1. The third-order valence-electron chi connectivity index (χ3n) is 4.54. The van der Waals surface area contributed by atoms with Crippen LogP contribution in [0.4, 0.5) is 5.69 Å². The van der Waals surface area contributed by atoms with Gasteiger partial charge in [0.15, 0.2) is 5.16 Å². The van der Waals surface area contributed by atoms with Gasteiger partial charge in [-0.05, 0) is 17.7 Å². The minimum Gasteiger partial charge on any atom is -0.325 e. The molecule has 1 aromatic heterocycles. The van der Waals surface area contributed by atoms with Gasteiger partial charge in [0.2, 0.25) is 5.91 Å². The summed E-state index contributed by atoms with van der Waals surface area (Å²) >= 11 is 2.90. The third-order valence-corrected chi connectivity index (χ3v) is 6.73. The molecule has 0 saturated carbocycles. The molecule has 0 unspecified atom stereocenters. The van der Waals surface area contributed by atoms with Crippen molar-refractivity contribution in [1.82, 2.24) is 9.55 Å². The van der Waals surface area contributed by atoms with Crippen LogP contribution in [0.5, 0.6) is 0 Å². The van der Waals surface area contributed by atoms with Crippen molar-refractivity contribution in [1.29, 1.82) is 0 Å². The summed E-state index contributed by atoms with van der Waals surface area (Å²) in [5.41, 5.74) is 2.62. The van der Waals surface area contributed by atoms with Crippen molar-refractivity contribution in [3.05, 3.63) is 82.3 Å². The summed E-state index contributed by atoms with van der Waals surface area (Å²) in [5.74, 6) is 0.0717. The highest BCUT2D eigenvalue weighted by Gasteiger charge is 2.26. The Hall–Kier alpha value is -2.51. The molecule has 1 atom stereocenters. The van der Waals surface area contributed by atoms with Crippen LogP contribution in [0.3, 0.4) is 0 Å². The smallest absolute Gasteiger partial charge is 0.268 e. The molecule has 29 heavy (non-hydrogen) atoms. The van der Waals surface area contributed by atoms with Crippen molar-refractivity contribution in [2.45, 2.75) is 35.2 Å². The molecule has 0 bridgehead atoms. The molecule has 0 saturated heterocycles. The molecule has 4 rings (SSSR count). The molecule has 1 aliphatic heterocycles. The summed E-state index contributed by atoms with van der Waals surface area (Å²) in [4.78, 5) is 31.0. The molecular weight excluding hydrogens is 402 g/mol. The maximum absolute atomic E-state index is 13.2. The van der Waals surface area contributed by atoms with Gasteiger partial charge >= 0.3 is 0 Å². The zero-order valence-electron chi connectivity index (χ0n) is 16.0. The van der Waals surface area contributed by atoms with Crippen LogP contribution in [0.1, 0.15) is 18.2 Å². The Balaban J connectivity index is 1.58. The van der Waals surface area contributed by atoms with Crippen molar-refractivity contribution >= 4 is 35.1 Å². The highest BCUT2D eigenvalue weighted by atomic mass is 32.2. The minimum absolute atomic E-state index is 0.0147. The van der Waals surface area contributed by atoms with E-state index in [0.29, 0.717) is 17.0 Å². The van der Waals surface area contributed by atoms with E-state index in [1.165, 1.54) is 11.8 Å². The second-order valence-electron chi connectivity index (χ2n) is 6.88. The van der Waals surface area contributed by atoms with E-state index < -0.39 is 0 Å². The predicted octanol–water partition coefficient (Wildman–Crippen LogP) is 4.06. The first-order valence-corrected chi connectivity index (χ1v) is 11.3. The molecule has 2 aromatic carbocycles. The van der Waals surface area contributed by atoms with Crippen LogP contribution in [0, 0.1) is 0 Å². The summed E-state index contributed by atoms with van der Waals surface area (Å²) in [6.07, 6.45) is 0.783. The van der Waals surface area contributed by atoms with Crippen molar-refractivity contribution in [2.24, 2.45) is 0 Å². The van der Waals surface area contributed by atoms with Gasteiger partial charge in [0.05, 0.1) is 22.9 Å². The molecule has 0 fully saturated rings. The number of fused-ring (bicyclic) bond motifs is 1. The summed E-state index contributed by atoms with van der Waals surface area (Å²) in [6.45, 7) is 2.55. The lowest BCUT2D eigenvalue weighted by Gasteiger charge is -2.14. The lowest BCUT2D eigenvalue weighted by Crippen LogP contribution is -2.26.